The van der Waals surface area contributed by atoms with Crippen molar-refractivity contribution in [3.8, 4) is 21.6 Å². The molecule has 21 nitrogen and oxygen atoms in total. The van der Waals surface area contributed by atoms with Crippen LogP contribution in [0.3, 0.4) is 0 Å². The van der Waals surface area contributed by atoms with Crippen LogP contribution in [0.4, 0.5) is 30.4 Å². The Bertz CT molecular complexity index is 3720. The van der Waals surface area contributed by atoms with Crippen molar-refractivity contribution < 1.29 is 51.8 Å². The zero-order valence-corrected chi connectivity index (χ0v) is 52.6. The van der Waals surface area contributed by atoms with Gasteiger partial charge < -0.3 is 41.5 Å². The number of aromatic amines is 1. The summed E-state index contributed by atoms with van der Waals surface area (Å²) in [4.78, 5) is 104. The number of nitrogens with one attached hydrogen (secondary N) is 6. The summed E-state index contributed by atoms with van der Waals surface area (Å²) in [7, 11) is 0. The number of β-amino-alcohol motifs (C(OH)–C–C–N with tert-alkyl or cyclic N) is 1. The SMILES string of the molecule is Cc1ccc(NC(=O)Cn2cc(-c3ccc4c(NC(=O)c5ccc(NC(=O)CCCCC(=O)N6CCN(CCCCCCC(=O)NC(C(=O)N7CC(O)CC7C(=O)NCc7ccc(-c8scnc8C)cc7)C(C)(C)C)CC6)cc5)n[nH]c4c3)cn2)cc1C(F)(F)F. The Hall–Kier alpha value is -8.81. The summed E-state index contributed by atoms with van der Waals surface area (Å²) in [6, 6.07) is 21.6. The summed E-state index contributed by atoms with van der Waals surface area (Å²) < 4.78 is 41.5. The lowest BCUT2D eigenvalue weighted by molar-refractivity contribution is -0.144. The van der Waals surface area contributed by atoms with Gasteiger partial charge in [0.05, 0.1) is 39.5 Å². The maximum Gasteiger partial charge on any atom is 0.416 e. The zero-order chi connectivity index (χ0) is 65.0. The van der Waals surface area contributed by atoms with E-state index >= 15 is 0 Å². The number of alkyl halides is 3. The first-order valence-electron chi connectivity index (χ1n) is 30.7. The van der Waals surface area contributed by atoms with Gasteiger partial charge in [-0.05, 0) is 122 Å². The van der Waals surface area contributed by atoms with Gasteiger partial charge in [0.1, 0.15) is 18.6 Å². The second-order valence-electron chi connectivity index (χ2n) is 24.5. The summed E-state index contributed by atoms with van der Waals surface area (Å²) >= 11 is 1.57. The largest absolute Gasteiger partial charge is 0.416 e. The molecule has 2 fully saturated rings. The van der Waals surface area contributed by atoms with E-state index in [0.29, 0.717) is 72.3 Å². The van der Waals surface area contributed by atoms with E-state index in [9.17, 15) is 51.8 Å². The number of aromatic nitrogens is 5. The number of nitrogens with zero attached hydrogens (tertiary/aromatic N) is 7. The molecular weight excluding hydrogens is 1190 g/mol. The molecule has 482 valence electrons. The molecule has 7 aromatic rings. The van der Waals surface area contributed by atoms with Gasteiger partial charge in [-0.25, -0.2) is 4.98 Å². The number of aryl methyl sites for hydroxylation is 2. The third kappa shape index (κ3) is 18.0. The van der Waals surface area contributed by atoms with E-state index in [0.717, 1.165) is 72.2 Å². The number of amides is 7. The Morgan fingerprint density at radius 1 is 0.747 bits per heavy atom. The van der Waals surface area contributed by atoms with Crippen molar-refractivity contribution in [3.63, 3.8) is 0 Å². The summed E-state index contributed by atoms with van der Waals surface area (Å²) in [6.07, 6.45) is 3.16. The fraction of sp³-hybridized carbons (Fsp3) is 0.424. The maximum absolute atomic E-state index is 14.1. The van der Waals surface area contributed by atoms with Gasteiger partial charge in [-0.15, -0.1) is 11.3 Å². The summed E-state index contributed by atoms with van der Waals surface area (Å²) in [6.45, 7) is 12.6. The molecule has 2 saturated heterocycles. The predicted molar refractivity (Wildman–Crippen MR) is 341 cm³/mol. The molecule has 2 aliphatic heterocycles. The van der Waals surface area contributed by atoms with Gasteiger partial charge in [0, 0.05) is 99.0 Å². The van der Waals surface area contributed by atoms with Gasteiger partial charge in [-0.1, -0.05) is 70.0 Å². The number of aliphatic hydroxyl groups is 1. The molecule has 0 bridgehead atoms. The number of piperazine rings is 1. The first kappa shape index (κ1) is 66.6. The normalized spacial score (nSPS) is 15.7. The van der Waals surface area contributed by atoms with Crippen molar-refractivity contribution in [1.82, 2.24) is 50.3 Å². The van der Waals surface area contributed by atoms with Crippen molar-refractivity contribution in [2.75, 3.05) is 55.2 Å². The number of likely N-dealkylation sites (tertiary alicyclic amines) is 1. The number of carbonyl (C=O) groups is 7. The van der Waals surface area contributed by atoms with Gasteiger partial charge in [-0.3, -0.25) is 48.2 Å². The topological polar surface area (TPSA) is 269 Å². The molecule has 3 unspecified atom stereocenters. The van der Waals surface area contributed by atoms with Crippen molar-refractivity contribution in [2.24, 2.45) is 5.41 Å². The molecule has 0 spiro atoms. The highest BCUT2D eigenvalue weighted by atomic mass is 32.1. The Morgan fingerprint density at radius 2 is 1.43 bits per heavy atom. The van der Waals surface area contributed by atoms with E-state index in [1.165, 1.54) is 28.6 Å². The minimum Gasteiger partial charge on any atom is -0.391 e. The lowest BCUT2D eigenvalue weighted by atomic mass is 9.85. The second kappa shape index (κ2) is 29.9. The molecule has 4 aromatic carbocycles. The van der Waals surface area contributed by atoms with Crippen LogP contribution in [0.1, 0.15) is 118 Å². The van der Waals surface area contributed by atoms with Crippen LogP contribution in [-0.2, 0) is 48.0 Å². The van der Waals surface area contributed by atoms with Crippen LogP contribution >= 0.6 is 11.3 Å². The number of halogens is 3. The summed E-state index contributed by atoms with van der Waals surface area (Å²) in [5.74, 6) is -1.80. The highest BCUT2D eigenvalue weighted by molar-refractivity contribution is 7.13. The van der Waals surface area contributed by atoms with Crippen LogP contribution in [0.2, 0.25) is 0 Å². The first-order chi connectivity index (χ1) is 43.4. The number of thiazole rings is 1. The molecule has 5 heterocycles. The maximum atomic E-state index is 14.1. The van der Waals surface area contributed by atoms with E-state index in [4.69, 9.17) is 0 Å². The van der Waals surface area contributed by atoms with Crippen molar-refractivity contribution in [1.29, 1.82) is 0 Å². The number of aliphatic hydroxyl groups excluding tert-OH is 1. The van der Waals surface area contributed by atoms with Crippen LogP contribution in [0.15, 0.2) is 103 Å². The number of hydrogen-bond acceptors (Lipinski definition) is 13. The number of rotatable bonds is 25. The van der Waals surface area contributed by atoms with Gasteiger partial charge in [0.2, 0.25) is 35.4 Å². The van der Waals surface area contributed by atoms with Gasteiger partial charge in [-0.2, -0.15) is 23.4 Å². The number of benzene rings is 4. The first-order valence-corrected chi connectivity index (χ1v) is 31.6. The Kier molecular flexibility index (Phi) is 21.9. The molecule has 0 aliphatic carbocycles. The van der Waals surface area contributed by atoms with Crippen molar-refractivity contribution in [2.45, 2.75) is 136 Å². The smallest absolute Gasteiger partial charge is 0.391 e. The van der Waals surface area contributed by atoms with Gasteiger partial charge >= 0.3 is 6.18 Å². The lowest BCUT2D eigenvalue weighted by Gasteiger charge is -2.35. The molecule has 7 amide bonds. The minimum atomic E-state index is -4.55. The van der Waals surface area contributed by atoms with Crippen molar-refractivity contribution >= 4 is 80.8 Å². The monoisotopic (exact) mass is 1270 g/mol. The predicted octanol–water partition coefficient (Wildman–Crippen LogP) is 9.48. The van der Waals surface area contributed by atoms with Crippen LogP contribution in [0.5, 0.6) is 0 Å². The highest BCUT2D eigenvalue weighted by Crippen LogP contribution is 2.34. The molecule has 2 aliphatic rings. The third-order valence-corrected chi connectivity index (χ3v) is 17.4. The number of hydrogen-bond donors (Lipinski definition) is 7. The molecule has 3 aromatic heterocycles. The quantitative estimate of drug-likeness (QED) is 0.0264. The fourth-order valence-corrected chi connectivity index (χ4v) is 12.1. The second-order valence-corrected chi connectivity index (χ2v) is 25.3. The Morgan fingerprint density at radius 3 is 2.14 bits per heavy atom. The van der Waals surface area contributed by atoms with Gasteiger partial charge in [0.15, 0.2) is 5.82 Å². The summed E-state index contributed by atoms with van der Waals surface area (Å²) in [5.41, 5.74) is 6.16. The highest BCUT2D eigenvalue weighted by Gasteiger charge is 2.44. The standard InChI is InChI=1S/C66H78F3N13O8S/c1-41-15-23-49(33-52(41)66(67,68)69)74-57(86)39-81-37-47(36-72-81)46-22-26-51-53(32-46)77-78-61(51)76-62(88)45-20-24-48(25-21-45)73-55(84)13-9-10-14-58(87)80-30-28-79(29-31-80)27-11-7-6-8-12-56(85)75-60(65(3,4)5)64(90)82-38-50(83)34-54(82)63(89)70-35-43-16-18-44(19-17-43)59-42(2)71-40-91-59/h15-26,32-33,36-37,40,50,54,60,83H,6-14,27-31,34-35,38-39H2,1-5H3,(H,70,89)(H,73,84)(H,74,86)(H,75,85)(H2,76,77,78,88). The molecule has 7 N–H and O–H groups in total. The number of carbonyl (C=O) groups excluding carboxylic acids is 7. The molecule has 9 rings (SSSR count). The Labute approximate surface area is 529 Å². The van der Waals surface area contributed by atoms with Crippen LogP contribution < -0.4 is 26.6 Å². The van der Waals surface area contributed by atoms with Crippen LogP contribution in [0.25, 0.3) is 32.5 Å². The fourth-order valence-electron chi connectivity index (χ4n) is 11.3. The zero-order valence-electron chi connectivity index (χ0n) is 51.8. The molecule has 25 heteroatoms. The minimum absolute atomic E-state index is 0.00305. The van der Waals surface area contributed by atoms with Gasteiger partial charge in [0.25, 0.3) is 5.91 Å². The van der Waals surface area contributed by atoms with E-state index < -0.39 is 53.1 Å². The number of H-pyrrole nitrogens is 1. The third-order valence-electron chi connectivity index (χ3n) is 16.4. The number of fused-ring (bicyclic) bond motifs is 1. The average molecular weight is 1270 g/mol. The average Bonchev–Trinajstić information content (AvgIpc) is 1.83. The van der Waals surface area contributed by atoms with Crippen molar-refractivity contribution in [3.05, 3.63) is 131 Å². The summed E-state index contributed by atoms with van der Waals surface area (Å²) in [5, 5.41) is 36.8. The number of anilines is 3. The Balaban J connectivity index is 0.614. The molecular formula is C66H78F3N13O8S. The van der Waals surface area contributed by atoms with Crippen LogP contribution in [0, 0.1) is 19.3 Å². The molecule has 3 atom stereocenters. The van der Waals surface area contributed by atoms with E-state index in [-0.39, 0.29) is 73.8 Å². The van der Waals surface area contributed by atoms with E-state index in [2.05, 4.69) is 51.8 Å². The van der Waals surface area contributed by atoms with Crippen LogP contribution in [-0.4, -0.2) is 144 Å². The van der Waals surface area contributed by atoms with E-state index in [1.807, 2.05) is 62.4 Å². The lowest BCUT2D eigenvalue weighted by Crippen LogP contribution is -2.57. The number of unbranched alkanes of at least 4 members (excludes halogenated alkanes) is 4. The van der Waals surface area contributed by atoms with E-state index in [1.54, 1.807) is 66.2 Å². The molecule has 0 radical (unpaired) electrons. The molecule has 0 saturated carbocycles. The molecule has 91 heavy (non-hydrogen) atoms.